The van der Waals surface area contributed by atoms with Crippen molar-refractivity contribution in [1.82, 2.24) is 0 Å². The van der Waals surface area contributed by atoms with E-state index in [1.807, 2.05) is 0 Å². The van der Waals surface area contributed by atoms with E-state index in [2.05, 4.69) is 59.9 Å². The summed E-state index contributed by atoms with van der Waals surface area (Å²) in [6.07, 6.45) is 2.35. The first-order valence-electron chi connectivity index (χ1n) is 6.30. The Kier molecular flexibility index (Phi) is 2.83. The van der Waals surface area contributed by atoms with Crippen LogP contribution in [0.4, 0.5) is 5.69 Å². The summed E-state index contributed by atoms with van der Waals surface area (Å²) in [4.78, 5) is 0. The minimum absolute atomic E-state index is 0.646. The predicted molar refractivity (Wildman–Crippen MR) is 72.4 cm³/mol. The van der Waals surface area contributed by atoms with Crippen LogP contribution < -0.4 is 5.32 Å². The maximum Gasteiger partial charge on any atom is 0.0372 e. The third kappa shape index (κ3) is 2.19. The zero-order chi connectivity index (χ0) is 11.5. The fourth-order valence-corrected chi connectivity index (χ4v) is 2.63. The van der Waals surface area contributed by atoms with E-state index in [4.69, 9.17) is 0 Å². The highest BCUT2D eigenvalue weighted by Crippen LogP contribution is 2.30. The van der Waals surface area contributed by atoms with Gasteiger partial charge in [0.25, 0.3) is 0 Å². The molecule has 1 N–H and O–H groups in total. The van der Waals surface area contributed by atoms with E-state index in [1.165, 1.54) is 23.2 Å². The van der Waals surface area contributed by atoms with Crippen LogP contribution in [0.15, 0.2) is 54.6 Å². The fraction of sp³-hybridized carbons (Fsp3) is 0.250. The molecule has 1 heterocycles. The van der Waals surface area contributed by atoms with E-state index < -0.39 is 0 Å². The smallest absolute Gasteiger partial charge is 0.0372 e. The first kappa shape index (κ1) is 10.4. The van der Waals surface area contributed by atoms with Gasteiger partial charge in [-0.2, -0.15) is 0 Å². The van der Waals surface area contributed by atoms with Crippen LogP contribution in [0.25, 0.3) is 0 Å². The molecule has 3 rings (SSSR count). The lowest BCUT2D eigenvalue weighted by molar-refractivity contribution is 0.656. The van der Waals surface area contributed by atoms with Gasteiger partial charge in [-0.25, -0.2) is 0 Å². The van der Waals surface area contributed by atoms with Crippen molar-refractivity contribution in [2.24, 2.45) is 0 Å². The van der Waals surface area contributed by atoms with Gasteiger partial charge in [-0.05, 0) is 36.0 Å². The van der Waals surface area contributed by atoms with E-state index in [0.717, 1.165) is 13.0 Å². The molecule has 1 aliphatic rings. The maximum absolute atomic E-state index is 3.52. The minimum atomic E-state index is 0.646. The minimum Gasteiger partial charge on any atom is -0.385 e. The average molecular weight is 223 g/mol. The largest absolute Gasteiger partial charge is 0.385 e. The highest BCUT2D eigenvalue weighted by Gasteiger charge is 2.17. The Morgan fingerprint density at radius 2 is 1.65 bits per heavy atom. The lowest BCUT2D eigenvalue weighted by Gasteiger charge is -2.14. The van der Waals surface area contributed by atoms with Crippen LogP contribution in [0.2, 0.25) is 0 Å². The Morgan fingerprint density at radius 3 is 2.53 bits per heavy atom. The van der Waals surface area contributed by atoms with Crippen molar-refractivity contribution in [3.63, 3.8) is 0 Å². The number of hydrogen-bond acceptors (Lipinski definition) is 1. The van der Waals surface area contributed by atoms with E-state index in [1.54, 1.807) is 0 Å². The molecular weight excluding hydrogens is 206 g/mol. The average Bonchev–Trinajstić information content (AvgIpc) is 2.62. The highest BCUT2D eigenvalue weighted by atomic mass is 14.9. The third-order valence-electron chi connectivity index (χ3n) is 3.56. The van der Waals surface area contributed by atoms with Crippen molar-refractivity contribution in [2.45, 2.75) is 18.8 Å². The van der Waals surface area contributed by atoms with Crippen LogP contribution >= 0.6 is 0 Å². The summed E-state index contributed by atoms with van der Waals surface area (Å²) in [6, 6.07) is 19.5. The number of benzene rings is 2. The number of hydrogen-bond donors (Lipinski definition) is 1. The van der Waals surface area contributed by atoms with Gasteiger partial charge in [-0.15, -0.1) is 0 Å². The number of fused-ring (bicyclic) bond motifs is 1. The van der Waals surface area contributed by atoms with Gasteiger partial charge >= 0.3 is 0 Å². The van der Waals surface area contributed by atoms with E-state index in [0.29, 0.717) is 5.92 Å². The normalized spacial score (nSPS) is 18.9. The lowest BCUT2D eigenvalue weighted by Crippen LogP contribution is -2.04. The molecule has 1 aliphatic heterocycles. The Morgan fingerprint density at radius 1 is 0.882 bits per heavy atom. The molecule has 0 saturated carbocycles. The zero-order valence-corrected chi connectivity index (χ0v) is 9.89. The molecule has 86 valence electrons. The van der Waals surface area contributed by atoms with Gasteiger partial charge in [-0.3, -0.25) is 0 Å². The molecule has 0 spiro atoms. The molecule has 0 aromatic heterocycles. The Balaban J connectivity index is 1.91. The molecular formula is C16H17N. The van der Waals surface area contributed by atoms with E-state index >= 15 is 0 Å². The Bertz CT molecular complexity index is 490. The van der Waals surface area contributed by atoms with Crippen molar-refractivity contribution in [2.75, 3.05) is 11.9 Å². The van der Waals surface area contributed by atoms with Gasteiger partial charge in [-0.1, -0.05) is 48.5 Å². The Hall–Kier alpha value is -1.76. The topological polar surface area (TPSA) is 12.0 Å². The van der Waals surface area contributed by atoms with Gasteiger partial charge in [0.15, 0.2) is 0 Å². The SMILES string of the molecule is c1ccc([C@@H]2CCNc3ccccc3C2)cc1. The Labute approximate surface area is 102 Å². The monoisotopic (exact) mass is 223 g/mol. The van der Waals surface area contributed by atoms with Crippen LogP contribution in [0, 0.1) is 0 Å². The summed E-state index contributed by atoms with van der Waals surface area (Å²) in [5, 5.41) is 3.52. The van der Waals surface area contributed by atoms with E-state index in [9.17, 15) is 0 Å². The highest BCUT2D eigenvalue weighted by molar-refractivity contribution is 5.52. The van der Waals surface area contributed by atoms with Crippen molar-refractivity contribution in [1.29, 1.82) is 0 Å². The molecule has 0 fully saturated rings. The zero-order valence-electron chi connectivity index (χ0n) is 9.89. The summed E-state index contributed by atoms with van der Waals surface area (Å²) in [5.74, 6) is 0.646. The molecule has 0 saturated heterocycles. The number of anilines is 1. The summed E-state index contributed by atoms with van der Waals surface area (Å²) in [5.41, 5.74) is 4.22. The fourth-order valence-electron chi connectivity index (χ4n) is 2.63. The molecule has 17 heavy (non-hydrogen) atoms. The van der Waals surface area contributed by atoms with Crippen molar-refractivity contribution in [3.05, 3.63) is 65.7 Å². The number of rotatable bonds is 1. The molecule has 1 nitrogen and oxygen atoms in total. The van der Waals surface area contributed by atoms with Gasteiger partial charge in [0.1, 0.15) is 0 Å². The van der Waals surface area contributed by atoms with Crippen molar-refractivity contribution < 1.29 is 0 Å². The quantitative estimate of drug-likeness (QED) is 0.774. The molecule has 0 bridgehead atoms. The molecule has 0 unspecified atom stereocenters. The second-order valence-electron chi connectivity index (χ2n) is 4.68. The molecule has 1 atom stereocenters. The second kappa shape index (κ2) is 4.62. The van der Waals surface area contributed by atoms with Gasteiger partial charge in [0, 0.05) is 12.2 Å². The van der Waals surface area contributed by atoms with Gasteiger partial charge < -0.3 is 5.32 Å². The first-order chi connectivity index (χ1) is 8.43. The van der Waals surface area contributed by atoms with Crippen LogP contribution in [0.3, 0.4) is 0 Å². The van der Waals surface area contributed by atoms with Crippen LogP contribution in [0.1, 0.15) is 23.5 Å². The number of nitrogens with one attached hydrogen (secondary N) is 1. The van der Waals surface area contributed by atoms with Crippen LogP contribution in [-0.4, -0.2) is 6.54 Å². The van der Waals surface area contributed by atoms with Crippen molar-refractivity contribution in [3.8, 4) is 0 Å². The summed E-state index contributed by atoms with van der Waals surface area (Å²) in [7, 11) is 0. The maximum atomic E-state index is 3.52. The molecule has 1 heteroatoms. The standard InChI is InChI=1S/C16H17N/c1-2-6-13(7-3-1)14-10-11-17-16-9-5-4-8-15(16)12-14/h1-9,14,17H,10-12H2/t14-/m1/s1. The summed E-state index contributed by atoms with van der Waals surface area (Å²) >= 11 is 0. The number of para-hydroxylation sites is 1. The molecule has 0 radical (unpaired) electrons. The molecule has 0 aliphatic carbocycles. The summed E-state index contributed by atoms with van der Waals surface area (Å²) < 4.78 is 0. The summed E-state index contributed by atoms with van der Waals surface area (Å²) in [6.45, 7) is 1.07. The third-order valence-corrected chi connectivity index (χ3v) is 3.56. The van der Waals surface area contributed by atoms with E-state index in [-0.39, 0.29) is 0 Å². The molecule has 0 amide bonds. The van der Waals surface area contributed by atoms with Crippen LogP contribution in [-0.2, 0) is 6.42 Å². The lowest BCUT2D eigenvalue weighted by atomic mass is 9.90. The van der Waals surface area contributed by atoms with Gasteiger partial charge in [0.2, 0.25) is 0 Å². The van der Waals surface area contributed by atoms with Gasteiger partial charge in [0.05, 0.1) is 0 Å². The van der Waals surface area contributed by atoms with Crippen LogP contribution in [0.5, 0.6) is 0 Å². The molecule has 2 aromatic carbocycles. The second-order valence-corrected chi connectivity index (χ2v) is 4.68. The predicted octanol–water partition coefficient (Wildman–Crippen LogP) is 3.83. The molecule has 2 aromatic rings. The first-order valence-corrected chi connectivity index (χ1v) is 6.30. The van der Waals surface area contributed by atoms with Crippen molar-refractivity contribution >= 4 is 5.69 Å².